The molecule has 0 aromatic heterocycles. The van der Waals surface area contributed by atoms with E-state index < -0.39 is 5.97 Å². The number of carbonyl (C=O) groups is 1. The van der Waals surface area contributed by atoms with E-state index in [2.05, 4.69) is 28.7 Å². The first kappa shape index (κ1) is 11.7. The van der Waals surface area contributed by atoms with Gasteiger partial charge in [0.05, 0.1) is 17.1 Å². The van der Waals surface area contributed by atoms with Crippen molar-refractivity contribution in [3.8, 4) is 5.75 Å². The Morgan fingerprint density at radius 3 is 3.00 bits per heavy atom. The number of halogens is 1. The Morgan fingerprint density at radius 2 is 2.38 bits per heavy atom. The molecule has 0 amide bonds. The van der Waals surface area contributed by atoms with Gasteiger partial charge in [-0.25, -0.2) is 0 Å². The lowest BCUT2D eigenvalue weighted by atomic mass is 9.98. The minimum Gasteiger partial charge on any atom is -0.496 e. The first-order valence-electron chi connectivity index (χ1n) is 5.20. The zero-order chi connectivity index (χ0) is 11.7. The summed E-state index contributed by atoms with van der Waals surface area (Å²) in [5.41, 5.74) is 2.43. The molecule has 0 aliphatic heterocycles. The number of aryl methyl sites for hydroxylation is 1. The normalized spacial score (nSPS) is 18.2. The van der Waals surface area contributed by atoms with Crippen molar-refractivity contribution in [2.24, 2.45) is 0 Å². The Hall–Kier alpha value is -0.780. The number of carboxylic acids is 1. The molecule has 3 nitrogen and oxygen atoms in total. The van der Waals surface area contributed by atoms with Gasteiger partial charge in [0, 0.05) is 0 Å². The molecule has 86 valence electrons. The average molecular weight is 332 g/mol. The predicted octanol–water partition coefficient (Wildman–Crippen LogP) is 2.80. The lowest BCUT2D eigenvalue weighted by Crippen LogP contribution is -2.03. The fourth-order valence-electron chi connectivity index (χ4n) is 2.27. The summed E-state index contributed by atoms with van der Waals surface area (Å²) in [5.74, 6) is 0.339. The monoisotopic (exact) mass is 332 g/mol. The van der Waals surface area contributed by atoms with Crippen LogP contribution >= 0.6 is 22.6 Å². The van der Waals surface area contributed by atoms with Crippen LogP contribution in [0.25, 0.3) is 0 Å². The molecule has 1 unspecified atom stereocenters. The molecule has 0 heterocycles. The largest absolute Gasteiger partial charge is 0.496 e. The minimum atomic E-state index is -0.719. The second kappa shape index (κ2) is 4.61. The van der Waals surface area contributed by atoms with Gasteiger partial charge in [0.25, 0.3) is 0 Å². The number of ether oxygens (including phenoxy) is 1. The quantitative estimate of drug-likeness (QED) is 0.866. The summed E-state index contributed by atoms with van der Waals surface area (Å²) in [4.78, 5) is 10.7. The molecular weight excluding hydrogens is 319 g/mol. The van der Waals surface area contributed by atoms with Gasteiger partial charge in [-0.2, -0.15) is 0 Å². The highest BCUT2D eigenvalue weighted by Gasteiger charge is 2.25. The third kappa shape index (κ3) is 2.16. The van der Waals surface area contributed by atoms with Gasteiger partial charge in [-0.05, 0) is 64.6 Å². The SMILES string of the molecule is COc1cc2c(cc1I)C(CC(=O)O)CC2. The van der Waals surface area contributed by atoms with Gasteiger partial charge < -0.3 is 9.84 Å². The van der Waals surface area contributed by atoms with E-state index in [4.69, 9.17) is 9.84 Å². The Morgan fingerprint density at radius 1 is 1.62 bits per heavy atom. The molecule has 0 saturated carbocycles. The van der Waals surface area contributed by atoms with E-state index in [0.717, 1.165) is 22.2 Å². The third-order valence-electron chi connectivity index (χ3n) is 3.04. The van der Waals surface area contributed by atoms with Crippen LogP contribution < -0.4 is 4.74 Å². The zero-order valence-electron chi connectivity index (χ0n) is 9.00. The van der Waals surface area contributed by atoms with Gasteiger partial charge in [0.15, 0.2) is 0 Å². The van der Waals surface area contributed by atoms with Crippen LogP contribution in [0.1, 0.15) is 29.9 Å². The van der Waals surface area contributed by atoms with Crippen molar-refractivity contribution in [2.75, 3.05) is 7.11 Å². The summed E-state index contributed by atoms with van der Waals surface area (Å²) in [5, 5.41) is 8.84. The number of carboxylic acid groups (broad SMARTS) is 1. The summed E-state index contributed by atoms with van der Waals surface area (Å²) < 4.78 is 6.31. The highest BCUT2D eigenvalue weighted by molar-refractivity contribution is 14.1. The van der Waals surface area contributed by atoms with E-state index in [1.807, 2.05) is 6.07 Å². The summed E-state index contributed by atoms with van der Waals surface area (Å²) in [6, 6.07) is 4.11. The standard InChI is InChI=1S/C12H13IO3/c1-16-11-4-7-2-3-8(5-12(14)15)9(7)6-10(11)13/h4,6,8H,2-3,5H2,1H3,(H,14,15). The Bertz CT molecular complexity index is 429. The fourth-order valence-corrected chi connectivity index (χ4v) is 2.98. The van der Waals surface area contributed by atoms with Crippen LogP contribution in [-0.4, -0.2) is 18.2 Å². The van der Waals surface area contributed by atoms with Crippen LogP contribution in [0, 0.1) is 3.57 Å². The summed E-state index contributed by atoms with van der Waals surface area (Å²) in [6.07, 6.45) is 2.13. The average Bonchev–Trinajstić information content (AvgIpc) is 2.59. The van der Waals surface area contributed by atoms with Crippen LogP contribution in [0.5, 0.6) is 5.75 Å². The van der Waals surface area contributed by atoms with E-state index in [9.17, 15) is 4.79 Å². The van der Waals surface area contributed by atoms with Crippen molar-refractivity contribution in [2.45, 2.75) is 25.2 Å². The molecule has 1 aliphatic rings. The highest BCUT2D eigenvalue weighted by Crippen LogP contribution is 2.39. The maximum Gasteiger partial charge on any atom is 0.303 e. The van der Waals surface area contributed by atoms with Gasteiger partial charge in [-0.1, -0.05) is 0 Å². The number of methoxy groups -OCH3 is 1. The summed E-state index contributed by atoms with van der Waals surface area (Å²) >= 11 is 2.23. The van der Waals surface area contributed by atoms with E-state index in [1.165, 1.54) is 11.1 Å². The van der Waals surface area contributed by atoms with Crippen LogP contribution in [0.4, 0.5) is 0 Å². The van der Waals surface area contributed by atoms with Crippen molar-refractivity contribution >= 4 is 28.6 Å². The van der Waals surface area contributed by atoms with E-state index >= 15 is 0 Å². The van der Waals surface area contributed by atoms with Crippen molar-refractivity contribution in [1.29, 1.82) is 0 Å². The topological polar surface area (TPSA) is 46.5 Å². The van der Waals surface area contributed by atoms with Crippen molar-refractivity contribution in [3.63, 3.8) is 0 Å². The molecule has 16 heavy (non-hydrogen) atoms. The number of hydrogen-bond acceptors (Lipinski definition) is 2. The Labute approximate surface area is 108 Å². The van der Waals surface area contributed by atoms with Crippen LogP contribution in [-0.2, 0) is 11.2 Å². The van der Waals surface area contributed by atoms with E-state index in [-0.39, 0.29) is 12.3 Å². The molecule has 1 aliphatic carbocycles. The second-order valence-electron chi connectivity index (χ2n) is 4.02. The Kier molecular flexibility index (Phi) is 3.37. The van der Waals surface area contributed by atoms with Gasteiger partial charge in [0.1, 0.15) is 5.75 Å². The summed E-state index contributed by atoms with van der Waals surface area (Å²) in [7, 11) is 1.66. The molecular formula is C12H13IO3. The smallest absolute Gasteiger partial charge is 0.303 e. The molecule has 4 heteroatoms. The van der Waals surface area contributed by atoms with Gasteiger partial charge >= 0.3 is 5.97 Å². The second-order valence-corrected chi connectivity index (χ2v) is 5.18. The number of rotatable bonds is 3. The first-order valence-corrected chi connectivity index (χ1v) is 6.27. The van der Waals surface area contributed by atoms with Gasteiger partial charge in [0.2, 0.25) is 0 Å². The van der Waals surface area contributed by atoms with Crippen molar-refractivity contribution in [3.05, 3.63) is 26.8 Å². The van der Waals surface area contributed by atoms with Gasteiger partial charge in [-0.15, -0.1) is 0 Å². The molecule has 0 spiro atoms. The number of hydrogen-bond donors (Lipinski definition) is 1. The number of aliphatic carboxylic acids is 1. The molecule has 1 aromatic carbocycles. The van der Waals surface area contributed by atoms with E-state index in [0.29, 0.717) is 0 Å². The predicted molar refractivity (Wildman–Crippen MR) is 69.0 cm³/mol. The lowest BCUT2D eigenvalue weighted by molar-refractivity contribution is -0.137. The molecule has 1 atom stereocenters. The van der Waals surface area contributed by atoms with Crippen molar-refractivity contribution in [1.82, 2.24) is 0 Å². The maximum atomic E-state index is 10.7. The Balaban J connectivity index is 2.33. The van der Waals surface area contributed by atoms with Crippen molar-refractivity contribution < 1.29 is 14.6 Å². The first-order chi connectivity index (χ1) is 7.61. The lowest BCUT2D eigenvalue weighted by Gasteiger charge is -2.11. The minimum absolute atomic E-state index is 0.173. The van der Waals surface area contributed by atoms with E-state index in [1.54, 1.807) is 7.11 Å². The molecule has 0 saturated heterocycles. The number of benzene rings is 1. The summed E-state index contributed by atoms with van der Waals surface area (Å²) in [6.45, 7) is 0. The highest BCUT2D eigenvalue weighted by atomic mass is 127. The zero-order valence-corrected chi connectivity index (χ0v) is 11.2. The molecule has 0 bridgehead atoms. The molecule has 1 N–H and O–H groups in total. The molecule has 1 aromatic rings. The maximum absolute atomic E-state index is 10.7. The van der Waals surface area contributed by atoms with Crippen LogP contribution in [0.3, 0.4) is 0 Å². The molecule has 0 fully saturated rings. The molecule has 0 radical (unpaired) electrons. The third-order valence-corrected chi connectivity index (χ3v) is 3.88. The molecule has 2 rings (SSSR count). The fraction of sp³-hybridized carbons (Fsp3) is 0.417. The van der Waals surface area contributed by atoms with Gasteiger partial charge in [-0.3, -0.25) is 4.79 Å². The van der Waals surface area contributed by atoms with Crippen LogP contribution in [0.2, 0.25) is 0 Å². The number of fused-ring (bicyclic) bond motifs is 1. The van der Waals surface area contributed by atoms with Crippen LogP contribution in [0.15, 0.2) is 12.1 Å².